The van der Waals surface area contributed by atoms with Crippen molar-refractivity contribution in [2.24, 2.45) is 0 Å². The van der Waals surface area contributed by atoms with Gasteiger partial charge in [-0.15, -0.1) is 0 Å². The second-order valence-corrected chi connectivity index (χ2v) is 3.84. The molecule has 1 aromatic heterocycles. The molecule has 0 amide bonds. The van der Waals surface area contributed by atoms with E-state index in [1.54, 1.807) is 0 Å². The number of nitrogens with one attached hydrogen (secondary N) is 1. The number of halogens is 3. The third-order valence-corrected chi connectivity index (χ3v) is 2.45. The molecule has 0 aliphatic heterocycles. The Bertz CT molecular complexity index is 596. The van der Waals surface area contributed by atoms with E-state index in [2.05, 4.69) is 10.3 Å². The lowest BCUT2D eigenvalue weighted by molar-refractivity contribution is -0.136. The summed E-state index contributed by atoms with van der Waals surface area (Å²) in [5.41, 5.74) is 10.4. The summed E-state index contributed by atoms with van der Waals surface area (Å²) < 4.78 is 38.4. The molecule has 0 aliphatic carbocycles. The number of hydrogen-bond acceptors (Lipinski definition) is 4. The first-order valence-corrected chi connectivity index (χ1v) is 5.33. The number of nitrogens with two attached hydrogens (primary N) is 2. The van der Waals surface area contributed by atoms with E-state index in [4.69, 9.17) is 11.5 Å². The highest BCUT2D eigenvalue weighted by Gasteiger charge is 2.33. The minimum atomic E-state index is -4.44. The number of para-hydroxylation sites is 1. The van der Waals surface area contributed by atoms with Gasteiger partial charge in [-0.05, 0) is 24.3 Å². The van der Waals surface area contributed by atoms with Crippen LogP contribution in [-0.4, -0.2) is 4.98 Å². The largest absolute Gasteiger partial charge is 0.418 e. The Balaban J connectivity index is 2.36. The van der Waals surface area contributed by atoms with Crippen LogP contribution in [0.4, 0.5) is 36.2 Å². The summed E-state index contributed by atoms with van der Waals surface area (Å²) in [6.45, 7) is 0. The molecule has 0 aliphatic rings. The van der Waals surface area contributed by atoms with Crippen molar-refractivity contribution in [3.05, 3.63) is 42.0 Å². The first-order valence-electron chi connectivity index (χ1n) is 5.33. The summed E-state index contributed by atoms with van der Waals surface area (Å²) >= 11 is 0. The van der Waals surface area contributed by atoms with Crippen molar-refractivity contribution in [3.8, 4) is 0 Å². The van der Waals surface area contributed by atoms with Crippen molar-refractivity contribution in [1.29, 1.82) is 0 Å². The van der Waals surface area contributed by atoms with Crippen LogP contribution in [0.15, 0.2) is 36.4 Å². The summed E-state index contributed by atoms with van der Waals surface area (Å²) in [6.07, 6.45) is -4.44. The first kappa shape index (κ1) is 13.0. The molecule has 0 fully saturated rings. The highest BCUT2D eigenvalue weighted by Crippen LogP contribution is 2.35. The zero-order chi connectivity index (χ0) is 14.0. The van der Waals surface area contributed by atoms with E-state index in [0.717, 1.165) is 6.07 Å². The van der Waals surface area contributed by atoms with Crippen molar-refractivity contribution >= 4 is 23.0 Å². The molecule has 0 radical (unpaired) electrons. The molecule has 1 heterocycles. The SMILES string of the molecule is Nc1ccc(Nc2ccccc2C(F)(F)F)nc1N. The van der Waals surface area contributed by atoms with Gasteiger partial charge in [-0.25, -0.2) is 4.98 Å². The van der Waals surface area contributed by atoms with Crippen molar-refractivity contribution < 1.29 is 13.2 Å². The predicted octanol–water partition coefficient (Wildman–Crippen LogP) is 3.01. The maximum Gasteiger partial charge on any atom is 0.418 e. The molecule has 0 atom stereocenters. The van der Waals surface area contributed by atoms with Crippen LogP contribution >= 0.6 is 0 Å². The molecule has 7 heteroatoms. The van der Waals surface area contributed by atoms with Crippen LogP contribution in [0.3, 0.4) is 0 Å². The Morgan fingerprint density at radius 1 is 1.00 bits per heavy atom. The number of rotatable bonds is 2. The van der Waals surface area contributed by atoms with Gasteiger partial charge in [0.25, 0.3) is 0 Å². The van der Waals surface area contributed by atoms with Gasteiger partial charge in [0.1, 0.15) is 11.6 Å². The lowest BCUT2D eigenvalue weighted by atomic mass is 10.1. The van der Waals surface area contributed by atoms with Crippen LogP contribution in [0.1, 0.15) is 5.56 Å². The molecule has 100 valence electrons. The molecular formula is C12H11F3N4. The molecule has 4 nitrogen and oxygen atoms in total. The highest BCUT2D eigenvalue weighted by molar-refractivity contribution is 5.67. The molecule has 2 rings (SSSR count). The number of hydrogen-bond donors (Lipinski definition) is 3. The molecule has 0 spiro atoms. The van der Waals surface area contributed by atoms with Crippen LogP contribution in [0.25, 0.3) is 0 Å². The maximum absolute atomic E-state index is 12.8. The number of pyridine rings is 1. The van der Waals surface area contributed by atoms with Gasteiger partial charge in [0.15, 0.2) is 0 Å². The predicted molar refractivity (Wildman–Crippen MR) is 67.8 cm³/mol. The van der Waals surface area contributed by atoms with E-state index in [9.17, 15) is 13.2 Å². The van der Waals surface area contributed by atoms with Gasteiger partial charge in [-0.3, -0.25) is 0 Å². The topological polar surface area (TPSA) is 77.0 Å². The Morgan fingerprint density at radius 3 is 2.32 bits per heavy atom. The van der Waals surface area contributed by atoms with E-state index >= 15 is 0 Å². The lowest BCUT2D eigenvalue weighted by Crippen LogP contribution is -2.09. The second-order valence-electron chi connectivity index (χ2n) is 3.84. The van der Waals surface area contributed by atoms with Gasteiger partial charge in [0.05, 0.1) is 16.9 Å². The van der Waals surface area contributed by atoms with E-state index in [-0.39, 0.29) is 23.0 Å². The van der Waals surface area contributed by atoms with E-state index < -0.39 is 11.7 Å². The van der Waals surface area contributed by atoms with Crippen molar-refractivity contribution in [2.75, 3.05) is 16.8 Å². The average molecular weight is 268 g/mol. The molecule has 0 bridgehead atoms. The Hall–Kier alpha value is -2.44. The molecule has 19 heavy (non-hydrogen) atoms. The minimum Gasteiger partial charge on any atom is -0.396 e. The van der Waals surface area contributed by atoms with Crippen molar-refractivity contribution in [3.63, 3.8) is 0 Å². The van der Waals surface area contributed by atoms with E-state index in [0.29, 0.717) is 0 Å². The number of anilines is 4. The average Bonchev–Trinajstić information content (AvgIpc) is 2.33. The monoisotopic (exact) mass is 268 g/mol. The molecular weight excluding hydrogens is 257 g/mol. The van der Waals surface area contributed by atoms with Crippen molar-refractivity contribution in [1.82, 2.24) is 4.98 Å². The Morgan fingerprint density at radius 2 is 1.68 bits per heavy atom. The number of aromatic nitrogens is 1. The molecule has 5 N–H and O–H groups in total. The van der Waals surface area contributed by atoms with Gasteiger partial charge in [-0.2, -0.15) is 13.2 Å². The second kappa shape index (κ2) is 4.68. The number of nitrogen functional groups attached to an aromatic ring is 2. The van der Waals surface area contributed by atoms with Crippen molar-refractivity contribution in [2.45, 2.75) is 6.18 Å². The third kappa shape index (κ3) is 2.87. The zero-order valence-corrected chi connectivity index (χ0v) is 9.70. The van der Waals surface area contributed by atoms with Crippen LogP contribution < -0.4 is 16.8 Å². The fourth-order valence-corrected chi connectivity index (χ4v) is 1.53. The normalized spacial score (nSPS) is 11.3. The number of alkyl halides is 3. The summed E-state index contributed by atoms with van der Waals surface area (Å²) in [4.78, 5) is 3.87. The lowest BCUT2D eigenvalue weighted by Gasteiger charge is -2.14. The van der Waals surface area contributed by atoms with Gasteiger partial charge in [0.2, 0.25) is 0 Å². The number of nitrogens with zero attached hydrogens (tertiary/aromatic N) is 1. The van der Waals surface area contributed by atoms with Crippen LogP contribution in [0.2, 0.25) is 0 Å². The van der Waals surface area contributed by atoms with E-state index in [1.807, 2.05) is 0 Å². The van der Waals surface area contributed by atoms with Gasteiger partial charge >= 0.3 is 6.18 Å². The first-order chi connectivity index (χ1) is 8.88. The molecule has 0 unspecified atom stereocenters. The Kier molecular flexibility index (Phi) is 3.20. The molecule has 1 aromatic carbocycles. The third-order valence-electron chi connectivity index (χ3n) is 2.45. The highest BCUT2D eigenvalue weighted by atomic mass is 19.4. The molecule has 0 saturated heterocycles. The zero-order valence-electron chi connectivity index (χ0n) is 9.70. The molecule has 2 aromatic rings. The van der Waals surface area contributed by atoms with Gasteiger partial charge < -0.3 is 16.8 Å². The fourth-order valence-electron chi connectivity index (χ4n) is 1.53. The van der Waals surface area contributed by atoms with Gasteiger partial charge in [0, 0.05) is 0 Å². The smallest absolute Gasteiger partial charge is 0.396 e. The Labute approximate surface area is 107 Å². The summed E-state index contributed by atoms with van der Waals surface area (Å²) in [5, 5.41) is 2.58. The minimum absolute atomic E-state index is 0.0643. The van der Waals surface area contributed by atoms with Gasteiger partial charge in [-0.1, -0.05) is 12.1 Å². The van der Waals surface area contributed by atoms with Crippen LogP contribution in [-0.2, 0) is 6.18 Å². The maximum atomic E-state index is 12.8. The summed E-state index contributed by atoms with van der Waals surface area (Å²) in [7, 11) is 0. The number of benzene rings is 1. The summed E-state index contributed by atoms with van der Waals surface area (Å²) in [5.74, 6) is 0.262. The molecule has 0 saturated carbocycles. The fraction of sp³-hybridized carbons (Fsp3) is 0.0833. The van der Waals surface area contributed by atoms with E-state index in [1.165, 1.54) is 30.3 Å². The quantitative estimate of drug-likeness (QED) is 0.782. The van der Waals surface area contributed by atoms with Crippen LogP contribution in [0.5, 0.6) is 0 Å². The van der Waals surface area contributed by atoms with Crippen LogP contribution in [0, 0.1) is 0 Å². The standard InChI is InChI=1S/C12H11F3N4/c13-12(14,15)7-3-1-2-4-9(7)18-10-6-5-8(16)11(17)19-10/h1-6H,16H2,(H3,17,18,19). The summed E-state index contributed by atoms with van der Waals surface area (Å²) in [6, 6.07) is 8.05.